The Kier molecular flexibility index (Phi) is 12.7. The van der Waals surface area contributed by atoms with E-state index in [1.165, 1.54) is 0 Å². The molecule has 0 N–H and O–H groups in total. The normalized spacial score (nSPS) is 11.1. The Balaban J connectivity index is 0.000000598. The minimum absolute atomic E-state index is 0.188. The van der Waals surface area contributed by atoms with Crippen molar-refractivity contribution in [3.05, 3.63) is 124 Å². The first kappa shape index (κ1) is 37.9. The highest BCUT2D eigenvalue weighted by Crippen LogP contribution is 2.32. The Bertz CT molecular complexity index is 1620. The van der Waals surface area contributed by atoms with E-state index in [-0.39, 0.29) is 11.0 Å². The van der Waals surface area contributed by atoms with Crippen LogP contribution >= 0.6 is 0 Å². The lowest BCUT2D eigenvalue weighted by Crippen LogP contribution is -2.47. The molecule has 4 aromatic rings. The van der Waals surface area contributed by atoms with Gasteiger partial charge < -0.3 is 18.4 Å². The summed E-state index contributed by atoms with van der Waals surface area (Å²) in [5, 5.41) is 0. The first-order chi connectivity index (χ1) is 22.6. The largest absolute Gasteiger partial charge is 0.864 e. The van der Waals surface area contributed by atoms with Gasteiger partial charge >= 0.3 is 7.32 Å². The predicted octanol–water partition coefficient (Wildman–Crippen LogP) is 8.74. The second kappa shape index (κ2) is 16.0. The molecule has 4 nitrogen and oxygen atoms in total. The van der Waals surface area contributed by atoms with Crippen molar-refractivity contribution in [2.24, 2.45) is 0 Å². The zero-order valence-electron chi connectivity index (χ0n) is 25.2. The van der Waals surface area contributed by atoms with Gasteiger partial charge in [0.25, 0.3) is 0 Å². The average molecular weight is 697 g/mol. The number of benzene rings is 4. The molecule has 0 saturated heterocycles. The molecule has 48 heavy (non-hydrogen) atoms. The van der Waals surface area contributed by atoms with Crippen molar-refractivity contribution < 1.29 is 71.1 Å². The Morgan fingerprint density at radius 3 is 1.25 bits per heavy atom. The zero-order valence-corrected chi connectivity index (χ0v) is 25.2. The van der Waals surface area contributed by atoms with Gasteiger partial charge in [-0.05, 0) is 20.8 Å². The first-order valence-electron chi connectivity index (χ1n) is 13.9. The Morgan fingerprint density at radius 2 is 0.875 bits per heavy atom. The van der Waals surface area contributed by atoms with Gasteiger partial charge in [0.2, 0.25) is 0 Å². The molecule has 4 aromatic carbocycles. The lowest BCUT2D eigenvalue weighted by Gasteiger charge is -2.36. The molecule has 0 heterocycles. The highest BCUT2D eigenvalue weighted by molar-refractivity contribution is 6.39. The number of halogens is 12. The predicted molar refractivity (Wildman–Crippen MR) is 147 cm³/mol. The van der Waals surface area contributed by atoms with E-state index >= 15 is 0 Å². The molecule has 0 aliphatic carbocycles. The number of hydrogen-bond donors (Lipinski definition) is 0. The van der Waals surface area contributed by atoms with Crippen molar-refractivity contribution in [3.63, 3.8) is 0 Å². The molecule has 0 aliphatic rings. The topological polar surface area (TPSA) is 27.7 Å². The van der Waals surface area contributed by atoms with Crippen LogP contribution in [-0.2, 0) is 6.54 Å². The van der Waals surface area contributed by atoms with Gasteiger partial charge in [0.05, 0.1) is 31.0 Å². The fourth-order valence-electron chi connectivity index (χ4n) is 4.23. The van der Waals surface area contributed by atoms with Gasteiger partial charge in [0.15, 0.2) is 52.4 Å². The Morgan fingerprint density at radius 1 is 0.500 bits per heavy atom. The maximum atomic E-state index is 15.0. The van der Waals surface area contributed by atoms with Gasteiger partial charge in [-0.1, -0.05) is 0 Å². The zero-order chi connectivity index (χ0) is 35.9. The maximum absolute atomic E-state index is 15.0. The highest BCUT2D eigenvalue weighted by Gasteiger charge is 2.36. The van der Waals surface area contributed by atoms with Crippen LogP contribution in [0, 0.1) is 75.9 Å². The van der Waals surface area contributed by atoms with Gasteiger partial charge in [0, 0.05) is 42.0 Å². The smallest absolute Gasteiger partial charge is 0.489 e. The Labute approximate surface area is 266 Å². The van der Waals surface area contributed by atoms with Crippen LogP contribution in [0.25, 0.3) is 0 Å². The minimum atomic E-state index is -2.31. The van der Waals surface area contributed by atoms with E-state index in [1.807, 2.05) is 0 Å². The van der Waals surface area contributed by atoms with Crippen molar-refractivity contribution in [2.45, 2.75) is 27.3 Å². The van der Waals surface area contributed by atoms with Crippen LogP contribution < -0.4 is 14.0 Å². The van der Waals surface area contributed by atoms with Gasteiger partial charge in [-0.15, -0.1) is 12.1 Å². The third kappa shape index (κ3) is 8.88. The summed E-state index contributed by atoms with van der Waals surface area (Å²) in [6.07, 6.45) is 0. The monoisotopic (exact) mass is 697 g/mol. The van der Waals surface area contributed by atoms with Crippen LogP contribution in [0.2, 0.25) is 0 Å². The van der Waals surface area contributed by atoms with E-state index in [1.54, 1.807) is 20.8 Å². The van der Waals surface area contributed by atoms with Crippen LogP contribution in [0.15, 0.2) is 42.5 Å². The fourth-order valence-corrected chi connectivity index (χ4v) is 4.23. The van der Waals surface area contributed by atoms with Crippen LogP contribution in [0.3, 0.4) is 0 Å². The molecule has 0 spiro atoms. The number of nitrogens with zero attached hydrogens (tertiary/aromatic N) is 1. The van der Waals surface area contributed by atoms with E-state index in [0.29, 0.717) is 50.0 Å². The summed E-state index contributed by atoms with van der Waals surface area (Å²) in [6.45, 7) is 6.49. The molecule has 0 amide bonds. The molecule has 258 valence electrons. The highest BCUT2D eigenvalue weighted by atomic mass is 19.2. The summed E-state index contributed by atoms with van der Waals surface area (Å²) < 4.78 is 177. The molecule has 0 saturated carbocycles. The lowest BCUT2D eigenvalue weighted by atomic mass is 10.1. The quantitative estimate of drug-likeness (QED) is 0.0516. The third-order valence-corrected chi connectivity index (χ3v) is 7.17. The van der Waals surface area contributed by atoms with Gasteiger partial charge in [-0.25, -0.2) is 43.9 Å². The number of rotatable bonds is 11. The van der Waals surface area contributed by atoms with E-state index < -0.39 is 99.9 Å². The first-order valence-corrected chi connectivity index (χ1v) is 13.9. The molecule has 17 heteroatoms. The minimum Gasteiger partial charge on any atom is -0.489 e. The number of hydrogen-bond acceptors (Lipinski definition) is 3. The van der Waals surface area contributed by atoms with E-state index in [0.717, 1.165) is 12.1 Å². The summed E-state index contributed by atoms with van der Waals surface area (Å²) in [7, 11) is -2.31. The van der Waals surface area contributed by atoms with Gasteiger partial charge in [-0.2, -0.15) is 6.07 Å². The average Bonchev–Trinajstić information content (AvgIpc) is 3.04. The second-order valence-electron chi connectivity index (χ2n) is 9.92. The maximum Gasteiger partial charge on any atom is 0.864 e. The van der Waals surface area contributed by atoms with Crippen molar-refractivity contribution in [3.8, 4) is 17.2 Å². The molecular weight excluding hydrogens is 673 g/mol. The molecule has 0 radical (unpaired) electrons. The van der Waals surface area contributed by atoms with Crippen LogP contribution in [-0.4, -0.2) is 31.4 Å². The molecule has 0 aliphatic heterocycles. The van der Waals surface area contributed by atoms with Crippen LogP contribution in [0.1, 0.15) is 26.3 Å². The van der Waals surface area contributed by atoms with Gasteiger partial charge in [-0.3, -0.25) is 8.78 Å². The summed E-state index contributed by atoms with van der Waals surface area (Å²) >= 11 is 0. The van der Waals surface area contributed by atoms with E-state index in [4.69, 9.17) is 14.0 Å². The summed E-state index contributed by atoms with van der Waals surface area (Å²) in [5.41, 5.74) is -0.468. The second-order valence-corrected chi connectivity index (χ2v) is 9.92. The molecule has 0 fully saturated rings. The molecular formula is C31H24BF12NO3. The van der Waals surface area contributed by atoms with Crippen molar-refractivity contribution in [1.29, 1.82) is 0 Å². The summed E-state index contributed by atoms with van der Waals surface area (Å²) in [5.74, 6) is -21.7. The third-order valence-electron chi connectivity index (χ3n) is 7.17. The van der Waals surface area contributed by atoms with Crippen molar-refractivity contribution in [1.82, 2.24) is 0 Å². The molecule has 4 rings (SSSR count). The lowest BCUT2D eigenvalue weighted by molar-refractivity contribution is -0.936. The molecule has 0 bridgehead atoms. The van der Waals surface area contributed by atoms with E-state index in [9.17, 15) is 52.7 Å². The van der Waals surface area contributed by atoms with Crippen LogP contribution in [0.4, 0.5) is 52.7 Å². The molecule has 0 unspecified atom stereocenters. The molecule has 0 aromatic heterocycles. The van der Waals surface area contributed by atoms with E-state index in [2.05, 4.69) is 6.07 Å². The van der Waals surface area contributed by atoms with Crippen molar-refractivity contribution >= 4 is 7.32 Å². The van der Waals surface area contributed by atoms with Crippen molar-refractivity contribution in [2.75, 3.05) is 19.6 Å². The van der Waals surface area contributed by atoms with Crippen LogP contribution in [0.5, 0.6) is 17.2 Å². The van der Waals surface area contributed by atoms with Gasteiger partial charge in [0.1, 0.15) is 23.8 Å². The summed E-state index contributed by atoms with van der Waals surface area (Å²) in [6, 6.07) is 5.47. The Hall–Kier alpha value is -4.54. The fraction of sp³-hybridized carbons (Fsp3) is 0.226. The number of quaternary nitrogens is 1. The summed E-state index contributed by atoms with van der Waals surface area (Å²) in [4.78, 5) is 0. The molecule has 0 atom stereocenters. The standard InChI is InChI=1S/C25H22BF9NO3.C6H2F3/c1-4-36(5-2,6-3)12-15-21(11-20(31)25(35)22(15)32)39-26(37-13-7-16(27)23(33)17(28)8-13)38-14-9-18(29)24(34)19(30)10-14;7-4-2-1-3-5(8)6(4)9/h7-11H,4-6,12H2,1-3H3;2-3H/q+1;-1. The SMILES string of the molecule is CC[N+](CC)(CC)Cc1c(OB(Oc2cc(F)c(F)c(F)c2)Oc2cc(F)c(F)c(F)c2)cc(F)c(F)c1F.Fc1c[c-]cc(F)c1F.